The van der Waals surface area contributed by atoms with Crippen molar-refractivity contribution in [2.24, 2.45) is 5.10 Å². The maximum Gasteiger partial charge on any atom is 0.416 e. The summed E-state index contributed by atoms with van der Waals surface area (Å²) in [7, 11) is 1.53. The quantitative estimate of drug-likeness (QED) is 0.295. The highest BCUT2D eigenvalue weighted by Gasteiger charge is 2.31. The molecule has 0 aliphatic carbocycles. The first kappa shape index (κ1) is 22.3. The Morgan fingerprint density at radius 3 is 2.43 bits per heavy atom. The minimum Gasteiger partial charge on any atom is -0.496 e. The summed E-state index contributed by atoms with van der Waals surface area (Å²) in [5.41, 5.74) is -0.244. The van der Waals surface area contributed by atoms with Gasteiger partial charge in [-0.15, -0.1) is 0 Å². The van der Waals surface area contributed by atoms with Crippen LogP contribution in [0.2, 0.25) is 0 Å². The van der Waals surface area contributed by atoms with Gasteiger partial charge >= 0.3 is 6.18 Å². The summed E-state index contributed by atoms with van der Waals surface area (Å²) in [6.07, 6.45) is -3.08. The van der Waals surface area contributed by atoms with Gasteiger partial charge in [-0.1, -0.05) is 54.6 Å². The highest BCUT2D eigenvalue weighted by molar-refractivity contribution is 6.02. The number of fused-ring (bicyclic) bond motifs is 2. The number of ether oxygens (including phenoxy) is 1. The van der Waals surface area contributed by atoms with E-state index < -0.39 is 17.3 Å². The van der Waals surface area contributed by atoms with E-state index >= 15 is 0 Å². The number of benzene rings is 4. The molecule has 0 radical (unpaired) electrons. The van der Waals surface area contributed by atoms with Gasteiger partial charge in [-0.05, 0) is 41.1 Å². The van der Waals surface area contributed by atoms with Crippen molar-refractivity contribution in [1.82, 2.24) is 9.66 Å². The minimum absolute atomic E-state index is 0.00439. The van der Waals surface area contributed by atoms with Crippen molar-refractivity contribution in [1.29, 1.82) is 0 Å². The molecule has 8 heteroatoms. The van der Waals surface area contributed by atoms with Crippen LogP contribution in [0.15, 0.2) is 94.8 Å². The predicted molar refractivity (Wildman–Crippen MR) is 130 cm³/mol. The Kier molecular flexibility index (Phi) is 5.56. The summed E-state index contributed by atoms with van der Waals surface area (Å²) in [4.78, 5) is 17.9. The molecule has 0 unspecified atom stereocenters. The van der Waals surface area contributed by atoms with E-state index in [0.717, 1.165) is 27.6 Å². The Morgan fingerprint density at radius 1 is 0.914 bits per heavy atom. The lowest BCUT2D eigenvalue weighted by molar-refractivity contribution is -0.137. The first-order valence-electron chi connectivity index (χ1n) is 10.7. The molecule has 0 atom stereocenters. The highest BCUT2D eigenvalue weighted by Crippen LogP contribution is 2.32. The van der Waals surface area contributed by atoms with Crippen molar-refractivity contribution >= 4 is 27.9 Å². The topological polar surface area (TPSA) is 56.5 Å². The maximum absolute atomic E-state index is 13.4. The Bertz CT molecular complexity index is 1660. The summed E-state index contributed by atoms with van der Waals surface area (Å²) in [6.45, 7) is 0. The SMILES string of the molecule is COc1ccc2ccccc2c1C=Nn1c(-c2cccc(C(F)(F)F)c2)nc2ccccc2c1=O. The van der Waals surface area contributed by atoms with Crippen molar-refractivity contribution in [3.63, 3.8) is 0 Å². The van der Waals surface area contributed by atoms with E-state index in [-0.39, 0.29) is 11.4 Å². The van der Waals surface area contributed by atoms with Gasteiger partial charge in [0.1, 0.15) is 5.75 Å². The second-order valence-corrected chi connectivity index (χ2v) is 7.80. The van der Waals surface area contributed by atoms with E-state index in [9.17, 15) is 18.0 Å². The number of rotatable bonds is 4. The normalized spacial score (nSPS) is 12.0. The van der Waals surface area contributed by atoms with Gasteiger partial charge in [0.2, 0.25) is 0 Å². The Balaban J connectivity index is 1.76. The Morgan fingerprint density at radius 2 is 1.66 bits per heavy atom. The first-order valence-corrected chi connectivity index (χ1v) is 10.7. The lowest BCUT2D eigenvalue weighted by Crippen LogP contribution is -2.20. The van der Waals surface area contributed by atoms with E-state index in [1.165, 1.54) is 25.5 Å². The second-order valence-electron chi connectivity index (χ2n) is 7.80. The van der Waals surface area contributed by atoms with Crippen molar-refractivity contribution in [2.75, 3.05) is 7.11 Å². The second kappa shape index (κ2) is 8.72. The van der Waals surface area contributed by atoms with E-state index in [2.05, 4.69) is 10.1 Å². The number of para-hydroxylation sites is 1. The molecule has 5 nitrogen and oxygen atoms in total. The first-order chi connectivity index (χ1) is 16.9. The molecule has 174 valence electrons. The van der Waals surface area contributed by atoms with Gasteiger partial charge < -0.3 is 4.74 Å². The van der Waals surface area contributed by atoms with Gasteiger partial charge in [0, 0.05) is 11.1 Å². The molecule has 1 heterocycles. The van der Waals surface area contributed by atoms with Crippen LogP contribution in [0.25, 0.3) is 33.1 Å². The molecule has 0 saturated carbocycles. The van der Waals surface area contributed by atoms with Crippen LogP contribution in [-0.2, 0) is 6.18 Å². The zero-order valence-electron chi connectivity index (χ0n) is 18.5. The monoisotopic (exact) mass is 473 g/mol. The van der Waals surface area contributed by atoms with Crippen LogP contribution in [0.5, 0.6) is 5.75 Å². The van der Waals surface area contributed by atoms with Crippen molar-refractivity contribution in [2.45, 2.75) is 6.18 Å². The maximum atomic E-state index is 13.4. The van der Waals surface area contributed by atoms with Gasteiger partial charge in [0.15, 0.2) is 5.82 Å². The molecule has 0 bridgehead atoms. The number of methoxy groups -OCH3 is 1. The average Bonchev–Trinajstić information content (AvgIpc) is 2.87. The van der Waals surface area contributed by atoms with E-state index in [0.29, 0.717) is 22.2 Å². The molecule has 0 N–H and O–H groups in total. The molecule has 4 aromatic carbocycles. The lowest BCUT2D eigenvalue weighted by Gasteiger charge is -2.12. The molecule has 0 amide bonds. The van der Waals surface area contributed by atoms with Crippen molar-refractivity contribution < 1.29 is 17.9 Å². The van der Waals surface area contributed by atoms with E-state index in [4.69, 9.17) is 4.74 Å². The fraction of sp³-hybridized carbons (Fsp3) is 0.0741. The zero-order chi connectivity index (χ0) is 24.6. The Hall–Kier alpha value is -4.46. The molecule has 5 rings (SSSR count). The molecular formula is C27H18F3N3O2. The summed E-state index contributed by atoms with van der Waals surface area (Å²) in [5, 5.41) is 6.49. The molecule has 0 spiro atoms. The largest absolute Gasteiger partial charge is 0.496 e. The minimum atomic E-state index is -4.54. The predicted octanol–water partition coefficient (Wildman–Crippen LogP) is 6.13. The number of aromatic nitrogens is 2. The summed E-state index contributed by atoms with van der Waals surface area (Å²) in [5.74, 6) is 0.533. The van der Waals surface area contributed by atoms with Gasteiger partial charge in [0.05, 0.1) is 29.8 Å². The molecular weight excluding hydrogens is 455 g/mol. The van der Waals surface area contributed by atoms with Crippen LogP contribution in [0.3, 0.4) is 0 Å². The van der Waals surface area contributed by atoms with Crippen molar-refractivity contribution in [3.8, 4) is 17.1 Å². The molecule has 1 aromatic heterocycles. The van der Waals surface area contributed by atoms with Crippen molar-refractivity contribution in [3.05, 3.63) is 106 Å². The smallest absolute Gasteiger partial charge is 0.416 e. The number of nitrogens with zero attached hydrogens (tertiary/aromatic N) is 3. The van der Waals surface area contributed by atoms with Crippen LogP contribution in [-0.4, -0.2) is 23.0 Å². The number of hydrogen-bond donors (Lipinski definition) is 0. The highest BCUT2D eigenvalue weighted by atomic mass is 19.4. The van der Waals surface area contributed by atoms with Gasteiger partial charge in [-0.3, -0.25) is 4.79 Å². The number of hydrogen-bond acceptors (Lipinski definition) is 4. The Labute approximate surface area is 197 Å². The van der Waals surface area contributed by atoms with Gasteiger partial charge in [-0.2, -0.15) is 22.9 Å². The summed E-state index contributed by atoms with van der Waals surface area (Å²) >= 11 is 0. The van der Waals surface area contributed by atoms with Crippen LogP contribution < -0.4 is 10.3 Å². The molecule has 5 aromatic rings. The summed E-state index contributed by atoms with van der Waals surface area (Å²) < 4.78 is 46.7. The number of alkyl halides is 3. The average molecular weight is 473 g/mol. The third-order valence-electron chi connectivity index (χ3n) is 5.65. The lowest BCUT2D eigenvalue weighted by atomic mass is 10.0. The standard InChI is InChI=1S/C27H18F3N3O2/c1-35-24-14-13-17-7-2-3-10-20(17)22(24)16-31-33-25(18-8-6-9-19(15-18)27(28,29)30)32-23-12-5-4-11-21(23)26(33)34/h2-16H,1H3. The van der Waals surface area contributed by atoms with E-state index in [1.54, 1.807) is 30.3 Å². The molecule has 35 heavy (non-hydrogen) atoms. The third kappa shape index (κ3) is 4.14. The third-order valence-corrected chi connectivity index (χ3v) is 5.65. The zero-order valence-corrected chi connectivity index (χ0v) is 18.5. The van der Waals surface area contributed by atoms with Crippen LogP contribution in [0.1, 0.15) is 11.1 Å². The van der Waals surface area contributed by atoms with Gasteiger partial charge in [-0.25, -0.2) is 4.98 Å². The fourth-order valence-electron chi connectivity index (χ4n) is 3.95. The van der Waals surface area contributed by atoms with Gasteiger partial charge in [0.25, 0.3) is 5.56 Å². The van der Waals surface area contributed by atoms with Crippen LogP contribution >= 0.6 is 0 Å². The molecule has 0 aliphatic heterocycles. The molecule has 0 fully saturated rings. The van der Waals surface area contributed by atoms with Crippen LogP contribution in [0.4, 0.5) is 13.2 Å². The van der Waals surface area contributed by atoms with Crippen LogP contribution in [0, 0.1) is 0 Å². The molecule has 0 saturated heterocycles. The number of halogens is 3. The fourth-order valence-corrected chi connectivity index (χ4v) is 3.95. The molecule has 0 aliphatic rings. The van der Waals surface area contributed by atoms with E-state index in [1.807, 2.05) is 30.3 Å². The summed E-state index contributed by atoms with van der Waals surface area (Å²) in [6, 6.07) is 22.6.